The maximum absolute atomic E-state index is 4.55. The lowest BCUT2D eigenvalue weighted by atomic mass is 9.71. The van der Waals surface area contributed by atoms with Crippen LogP contribution in [-0.4, -0.2) is 42.2 Å². The highest BCUT2D eigenvalue weighted by Gasteiger charge is 2.32. The van der Waals surface area contributed by atoms with E-state index in [1.807, 2.05) is 12.4 Å². The minimum absolute atomic E-state index is 0.422. The van der Waals surface area contributed by atoms with Gasteiger partial charge in [-0.3, -0.25) is 0 Å². The Morgan fingerprint density at radius 3 is 2.59 bits per heavy atom. The summed E-state index contributed by atoms with van der Waals surface area (Å²) in [5.74, 6) is 1.46. The van der Waals surface area contributed by atoms with Crippen molar-refractivity contribution < 1.29 is 0 Å². The minimum atomic E-state index is 0.422. The van der Waals surface area contributed by atoms with E-state index in [0.29, 0.717) is 17.4 Å². The van der Waals surface area contributed by atoms with Crippen molar-refractivity contribution in [3.05, 3.63) is 12.4 Å². The molecule has 2 atom stereocenters. The molecule has 2 fully saturated rings. The standard InChI is InChI=1S/C17H29N5/c1-13-4-5-17(2,3)10-15(13)21-16-19-11-14(12-20-16)22-8-6-18-7-9-22/h11-13,15,18H,4-10H2,1-3H3,(H,19,20,21)/t13-,15?/m1/s1. The van der Waals surface area contributed by atoms with E-state index in [0.717, 1.165) is 37.8 Å². The van der Waals surface area contributed by atoms with Gasteiger partial charge in [0.1, 0.15) is 0 Å². The van der Waals surface area contributed by atoms with Crippen molar-refractivity contribution >= 4 is 11.6 Å². The molecule has 0 radical (unpaired) electrons. The highest BCUT2D eigenvalue weighted by molar-refractivity contribution is 5.45. The molecule has 0 spiro atoms. The summed E-state index contributed by atoms with van der Waals surface area (Å²) >= 11 is 0. The lowest BCUT2D eigenvalue weighted by molar-refractivity contribution is 0.183. The summed E-state index contributed by atoms with van der Waals surface area (Å²) in [5, 5.41) is 6.93. The number of aromatic nitrogens is 2. The van der Waals surface area contributed by atoms with E-state index < -0.39 is 0 Å². The molecule has 2 heterocycles. The van der Waals surface area contributed by atoms with Gasteiger partial charge in [-0.15, -0.1) is 0 Å². The van der Waals surface area contributed by atoms with Gasteiger partial charge in [0.15, 0.2) is 0 Å². The smallest absolute Gasteiger partial charge is 0.222 e. The van der Waals surface area contributed by atoms with Crippen molar-refractivity contribution in [2.75, 3.05) is 36.4 Å². The fourth-order valence-corrected chi connectivity index (χ4v) is 3.56. The Labute approximate surface area is 133 Å². The molecular weight excluding hydrogens is 274 g/mol. The van der Waals surface area contributed by atoms with Crippen LogP contribution in [-0.2, 0) is 0 Å². The van der Waals surface area contributed by atoms with Crippen molar-refractivity contribution in [2.45, 2.75) is 46.1 Å². The van der Waals surface area contributed by atoms with E-state index in [-0.39, 0.29) is 0 Å². The van der Waals surface area contributed by atoms with Crippen LogP contribution >= 0.6 is 0 Å². The zero-order valence-electron chi connectivity index (χ0n) is 14.1. The molecule has 1 aromatic rings. The number of anilines is 2. The van der Waals surface area contributed by atoms with Gasteiger partial charge < -0.3 is 15.5 Å². The van der Waals surface area contributed by atoms with Crippen molar-refractivity contribution in [1.82, 2.24) is 15.3 Å². The van der Waals surface area contributed by atoms with Crippen LogP contribution in [0.25, 0.3) is 0 Å². The van der Waals surface area contributed by atoms with Gasteiger partial charge >= 0.3 is 0 Å². The number of piperazine rings is 1. The maximum atomic E-state index is 4.55. The van der Waals surface area contributed by atoms with E-state index in [2.05, 4.69) is 46.3 Å². The van der Waals surface area contributed by atoms with Crippen LogP contribution in [0.15, 0.2) is 12.4 Å². The lowest BCUT2D eigenvalue weighted by Crippen LogP contribution is -2.43. The minimum Gasteiger partial charge on any atom is -0.366 e. The molecule has 2 N–H and O–H groups in total. The predicted octanol–water partition coefficient (Wildman–Crippen LogP) is 2.51. The third-order valence-electron chi connectivity index (χ3n) is 5.17. The molecule has 0 aromatic carbocycles. The Balaban J connectivity index is 1.62. The maximum Gasteiger partial charge on any atom is 0.222 e. The second kappa shape index (κ2) is 6.41. The monoisotopic (exact) mass is 303 g/mol. The first-order valence-corrected chi connectivity index (χ1v) is 8.58. The summed E-state index contributed by atoms with van der Waals surface area (Å²) in [5.41, 5.74) is 1.55. The third-order valence-corrected chi connectivity index (χ3v) is 5.17. The Hall–Kier alpha value is -1.36. The van der Waals surface area contributed by atoms with Crippen molar-refractivity contribution in [3.8, 4) is 0 Å². The van der Waals surface area contributed by atoms with Gasteiger partial charge in [0.2, 0.25) is 5.95 Å². The molecular formula is C17H29N5. The van der Waals surface area contributed by atoms with Gasteiger partial charge in [0, 0.05) is 32.2 Å². The summed E-state index contributed by atoms with van der Waals surface area (Å²) in [7, 11) is 0. The van der Waals surface area contributed by atoms with Crippen molar-refractivity contribution in [3.63, 3.8) is 0 Å². The van der Waals surface area contributed by atoms with Gasteiger partial charge in [-0.05, 0) is 30.6 Å². The Bertz CT molecular complexity index is 478. The number of nitrogens with one attached hydrogen (secondary N) is 2. The number of rotatable bonds is 3. The molecule has 3 rings (SSSR count). The van der Waals surface area contributed by atoms with Crippen molar-refractivity contribution in [2.24, 2.45) is 11.3 Å². The second-order valence-corrected chi connectivity index (χ2v) is 7.64. The van der Waals surface area contributed by atoms with Crippen LogP contribution in [0.4, 0.5) is 11.6 Å². The van der Waals surface area contributed by atoms with Gasteiger partial charge in [0.05, 0.1) is 18.1 Å². The lowest BCUT2D eigenvalue weighted by Gasteiger charge is -2.39. The van der Waals surface area contributed by atoms with Crippen LogP contribution in [0.3, 0.4) is 0 Å². The number of hydrogen-bond acceptors (Lipinski definition) is 5. The van der Waals surface area contributed by atoms with Crippen LogP contribution < -0.4 is 15.5 Å². The quantitative estimate of drug-likeness (QED) is 0.898. The van der Waals surface area contributed by atoms with Crippen LogP contribution in [0.5, 0.6) is 0 Å². The molecule has 122 valence electrons. The molecule has 1 saturated carbocycles. The average Bonchev–Trinajstić information content (AvgIpc) is 2.52. The van der Waals surface area contributed by atoms with Gasteiger partial charge in [-0.1, -0.05) is 20.8 Å². The highest BCUT2D eigenvalue weighted by Crippen LogP contribution is 2.38. The Morgan fingerprint density at radius 1 is 1.23 bits per heavy atom. The van der Waals surface area contributed by atoms with E-state index >= 15 is 0 Å². The SMILES string of the molecule is C[C@@H]1CCC(C)(C)CC1Nc1ncc(N2CCNCC2)cn1. The Kier molecular flexibility index (Phi) is 4.52. The van der Waals surface area contributed by atoms with E-state index in [4.69, 9.17) is 0 Å². The summed E-state index contributed by atoms with van der Waals surface area (Å²) in [6, 6.07) is 0.480. The summed E-state index contributed by atoms with van der Waals surface area (Å²) in [6.45, 7) is 11.2. The molecule has 0 amide bonds. The molecule has 1 unspecified atom stereocenters. The molecule has 22 heavy (non-hydrogen) atoms. The first-order valence-electron chi connectivity index (χ1n) is 8.58. The molecule has 5 nitrogen and oxygen atoms in total. The summed E-state index contributed by atoms with van der Waals surface area (Å²) in [4.78, 5) is 11.4. The summed E-state index contributed by atoms with van der Waals surface area (Å²) < 4.78 is 0. The normalized spacial score (nSPS) is 28.4. The number of nitrogens with zero attached hydrogens (tertiary/aromatic N) is 3. The van der Waals surface area contributed by atoms with Crippen LogP contribution in [0.2, 0.25) is 0 Å². The largest absolute Gasteiger partial charge is 0.366 e. The molecule has 1 aromatic heterocycles. The zero-order chi connectivity index (χ0) is 15.6. The van der Waals surface area contributed by atoms with Gasteiger partial charge in [-0.2, -0.15) is 0 Å². The molecule has 1 aliphatic heterocycles. The van der Waals surface area contributed by atoms with E-state index in [1.165, 1.54) is 19.3 Å². The molecule has 2 aliphatic rings. The topological polar surface area (TPSA) is 53.1 Å². The molecule has 1 aliphatic carbocycles. The van der Waals surface area contributed by atoms with E-state index in [1.54, 1.807) is 0 Å². The fourth-order valence-electron chi connectivity index (χ4n) is 3.56. The summed E-state index contributed by atoms with van der Waals surface area (Å²) in [6.07, 6.45) is 7.70. The molecule has 0 bridgehead atoms. The van der Waals surface area contributed by atoms with Crippen LogP contribution in [0.1, 0.15) is 40.0 Å². The molecule has 5 heteroatoms. The average molecular weight is 303 g/mol. The molecule has 1 saturated heterocycles. The van der Waals surface area contributed by atoms with E-state index in [9.17, 15) is 0 Å². The second-order valence-electron chi connectivity index (χ2n) is 7.64. The van der Waals surface area contributed by atoms with Crippen molar-refractivity contribution in [1.29, 1.82) is 0 Å². The first-order chi connectivity index (χ1) is 10.5. The van der Waals surface area contributed by atoms with Gasteiger partial charge in [-0.25, -0.2) is 9.97 Å². The number of hydrogen-bond donors (Lipinski definition) is 2. The highest BCUT2D eigenvalue weighted by atomic mass is 15.2. The zero-order valence-corrected chi connectivity index (χ0v) is 14.1. The predicted molar refractivity (Wildman–Crippen MR) is 91.3 cm³/mol. The van der Waals surface area contributed by atoms with Crippen LogP contribution in [0, 0.1) is 11.3 Å². The fraction of sp³-hybridized carbons (Fsp3) is 0.765. The third kappa shape index (κ3) is 3.69. The first kappa shape index (κ1) is 15.5. The van der Waals surface area contributed by atoms with Gasteiger partial charge in [0.25, 0.3) is 0 Å². The Morgan fingerprint density at radius 2 is 1.91 bits per heavy atom.